The van der Waals surface area contributed by atoms with Gasteiger partial charge in [-0.05, 0) is 37.8 Å². The van der Waals surface area contributed by atoms with Crippen molar-refractivity contribution in [3.8, 4) is 0 Å². The zero-order chi connectivity index (χ0) is 15.5. The maximum atomic E-state index is 4.77. The number of rotatable bonds is 4. The van der Waals surface area contributed by atoms with Crippen LogP contribution in [0.2, 0.25) is 0 Å². The van der Waals surface area contributed by atoms with Crippen LogP contribution in [0.5, 0.6) is 0 Å². The third kappa shape index (κ3) is 2.91. The normalized spacial score (nSPS) is 13.9. The summed E-state index contributed by atoms with van der Waals surface area (Å²) in [6, 6.07) is 8.70. The molecule has 2 heterocycles. The molecule has 0 spiro atoms. The van der Waals surface area contributed by atoms with Crippen LogP contribution in [0, 0.1) is 13.8 Å². The van der Waals surface area contributed by atoms with E-state index in [1.54, 1.807) is 0 Å². The number of benzene rings is 1. The van der Waals surface area contributed by atoms with Crippen molar-refractivity contribution in [3.63, 3.8) is 0 Å². The van der Waals surface area contributed by atoms with Crippen molar-refractivity contribution >= 4 is 11.8 Å². The Hall–Kier alpha value is -2.10. The third-order valence-electron chi connectivity index (χ3n) is 4.33. The standard InChI is InChI=1S/C18H24N4/c1-4-10-19-18-20-14(3)13(2)17(21-18)22-11-9-15-7-5-6-8-16(15)12-22/h5-8H,4,9-12H2,1-3H3,(H,19,20,21). The van der Waals surface area contributed by atoms with Crippen molar-refractivity contribution in [2.24, 2.45) is 0 Å². The minimum atomic E-state index is 0.749. The van der Waals surface area contributed by atoms with E-state index in [1.807, 2.05) is 0 Å². The fourth-order valence-corrected chi connectivity index (χ4v) is 2.91. The molecule has 0 radical (unpaired) electrons. The molecule has 1 aromatic heterocycles. The minimum absolute atomic E-state index is 0.749. The van der Waals surface area contributed by atoms with E-state index in [1.165, 1.54) is 16.7 Å². The van der Waals surface area contributed by atoms with Gasteiger partial charge in [0.05, 0.1) is 0 Å². The largest absolute Gasteiger partial charge is 0.354 e. The lowest BCUT2D eigenvalue weighted by molar-refractivity contribution is 0.715. The monoisotopic (exact) mass is 296 g/mol. The Labute approximate surface area is 132 Å². The summed E-state index contributed by atoms with van der Waals surface area (Å²) in [7, 11) is 0. The van der Waals surface area contributed by atoms with Crippen LogP contribution in [0.1, 0.15) is 35.7 Å². The van der Waals surface area contributed by atoms with Gasteiger partial charge in [-0.15, -0.1) is 0 Å². The highest BCUT2D eigenvalue weighted by atomic mass is 15.2. The Balaban J connectivity index is 1.90. The molecular weight excluding hydrogens is 272 g/mol. The highest BCUT2D eigenvalue weighted by Gasteiger charge is 2.20. The first-order valence-electron chi connectivity index (χ1n) is 8.10. The lowest BCUT2D eigenvalue weighted by atomic mass is 9.99. The molecule has 1 aliphatic heterocycles. The summed E-state index contributed by atoms with van der Waals surface area (Å²) in [5.74, 6) is 1.82. The highest BCUT2D eigenvalue weighted by molar-refractivity contribution is 5.53. The van der Waals surface area contributed by atoms with Crippen molar-refractivity contribution in [2.75, 3.05) is 23.3 Å². The van der Waals surface area contributed by atoms with E-state index in [0.717, 1.165) is 49.9 Å². The zero-order valence-electron chi connectivity index (χ0n) is 13.7. The second-order valence-corrected chi connectivity index (χ2v) is 5.95. The molecular formula is C18H24N4. The minimum Gasteiger partial charge on any atom is -0.354 e. The molecule has 3 rings (SSSR count). The summed E-state index contributed by atoms with van der Waals surface area (Å²) in [4.78, 5) is 11.7. The van der Waals surface area contributed by atoms with Gasteiger partial charge in [0.15, 0.2) is 0 Å². The summed E-state index contributed by atoms with van der Waals surface area (Å²) in [6.07, 6.45) is 2.15. The second kappa shape index (κ2) is 6.34. The van der Waals surface area contributed by atoms with Crippen molar-refractivity contribution < 1.29 is 0 Å². The van der Waals surface area contributed by atoms with E-state index in [0.29, 0.717) is 0 Å². The van der Waals surface area contributed by atoms with E-state index in [9.17, 15) is 0 Å². The number of nitrogens with one attached hydrogen (secondary N) is 1. The Kier molecular flexibility index (Phi) is 4.27. The van der Waals surface area contributed by atoms with Crippen LogP contribution in [-0.2, 0) is 13.0 Å². The maximum Gasteiger partial charge on any atom is 0.224 e. The summed E-state index contributed by atoms with van der Waals surface area (Å²) in [5.41, 5.74) is 5.11. The van der Waals surface area contributed by atoms with Crippen molar-refractivity contribution in [2.45, 2.75) is 40.2 Å². The van der Waals surface area contributed by atoms with Crippen molar-refractivity contribution in [1.29, 1.82) is 0 Å². The van der Waals surface area contributed by atoms with Gasteiger partial charge in [0.25, 0.3) is 0 Å². The molecule has 0 unspecified atom stereocenters. The molecule has 4 heteroatoms. The molecule has 0 saturated carbocycles. The van der Waals surface area contributed by atoms with Crippen molar-refractivity contribution in [1.82, 2.24) is 9.97 Å². The molecule has 4 nitrogen and oxygen atoms in total. The third-order valence-corrected chi connectivity index (χ3v) is 4.33. The molecule has 0 fully saturated rings. The Morgan fingerprint density at radius 3 is 2.68 bits per heavy atom. The van der Waals surface area contributed by atoms with E-state index >= 15 is 0 Å². The Morgan fingerprint density at radius 1 is 1.14 bits per heavy atom. The van der Waals surface area contributed by atoms with Crippen LogP contribution in [0.3, 0.4) is 0 Å². The fraction of sp³-hybridized carbons (Fsp3) is 0.444. The lowest BCUT2D eigenvalue weighted by Gasteiger charge is -2.31. The van der Waals surface area contributed by atoms with Crippen LogP contribution in [0.4, 0.5) is 11.8 Å². The summed E-state index contributed by atoms with van der Waals surface area (Å²) in [6.45, 7) is 9.19. The Bertz CT molecular complexity index is 666. The van der Waals surface area contributed by atoms with Gasteiger partial charge in [-0.1, -0.05) is 31.2 Å². The van der Waals surface area contributed by atoms with Crippen LogP contribution in [-0.4, -0.2) is 23.1 Å². The highest BCUT2D eigenvalue weighted by Crippen LogP contribution is 2.27. The summed E-state index contributed by atoms with van der Waals surface area (Å²) >= 11 is 0. The molecule has 22 heavy (non-hydrogen) atoms. The van der Waals surface area contributed by atoms with E-state index in [2.05, 4.69) is 60.2 Å². The van der Waals surface area contributed by atoms with Gasteiger partial charge < -0.3 is 10.2 Å². The average Bonchev–Trinajstić information content (AvgIpc) is 2.55. The van der Waals surface area contributed by atoms with E-state index < -0.39 is 0 Å². The number of aryl methyl sites for hydroxylation is 1. The molecule has 0 atom stereocenters. The predicted molar refractivity (Wildman–Crippen MR) is 91.5 cm³/mol. The first kappa shape index (κ1) is 14.8. The van der Waals surface area contributed by atoms with Crippen LogP contribution >= 0.6 is 0 Å². The smallest absolute Gasteiger partial charge is 0.224 e. The molecule has 2 aromatic rings. The second-order valence-electron chi connectivity index (χ2n) is 5.95. The molecule has 0 amide bonds. The van der Waals surface area contributed by atoms with Gasteiger partial charge in [0.1, 0.15) is 5.82 Å². The number of nitrogens with zero attached hydrogens (tertiary/aromatic N) is 3. The van der Waals surface area contributed by atoms with Crippen molar-refractivity contribution in [3.05, 3.63) is 46.6 Å². The molecule has 1 aromatic carbocycles. The van der Waals surface area contributed by atoms with E-state index in [-0.39, 0.29) is 0 Å². The lowest BCUT2D eigenvalue weighted by Crippen LogP contribution is -2.32. The number of aromatic nitrogens is 2. The van der Waals surface area contributed by atoms with Gasteiger partial charge in [-0.2, -0.15) is 4.98 Å². The number of hydrogen-bond donors (Lipinski definition) is 1. The first-order valence-corrected chi connectivity index (χ1v) is 8.10. The number of fused-ring (bicyclic) bond motifs is 1. The number of hydrogen-bond acceptors (Lipinski definition) is 4. The number of anilines is 2. The summed E-state index contributed by atoms with van der Waals surface area (Å²) < 4.78 is 0. The quantitative estimate of drug-likeness (QED) is 0.938. The summed E-state index contributed by atoms with van der Waals surface area (Å²) in [5, 5.41) is 3.31. The molecule has 0 saturated heterocycles. The predicted octanol–water partition coefficient (Wildman–Crippen LogP) is 3.48. The fourth-order valence-electron chi connectivity index (χ4n) is 2.91. The Morgan fingerprint density at radius 2 is 1.91 bits per heavy atom. The van der Waals surface area contributed by atoms with Gasteiger partial charge in [0.2, 0.25) is 5.95 Å². The maximum absolute atomic E-state index is 4.77. The molecule has 116 valence electrons. The molecule has 1 N–H and O–H groups in total. The topological polar surface area (TPSA) is 41.1 Å². The molecule has 0 bridgehead atoms. The first-order chi connectivity index (χ1) is 10.7. The van der Waals surface area contributed by atoms with Gasteiger partial charge in [0, 0.05) is 30.9 Å². The molecule has 1 aliphatic rings. The van der Waals surface area contributed by atoms with E-state index in [4.69, 9.17) is 4.98 Å². The SMILES string of the molecule is CCCNc1nc(C)c(C)c(N2CCc3ccccc3C2)n1. The van der Waals surface area contributed by atoms with Gasteiger partial charge in [-0.3, -0.25) is 0 Å². The van der Waals surface area contributed by atoms with Crippen LogP contribution < -0.4 is 10.2 Å². The van der Waals surface area contributed by atoms with Crippen LogP contribution in [0.25, 0.3) is 0 Å². The van der Waals surface area contributed by atoms with Gasteiger partial charge in [-0.25, -0.2) is 4.98 Å². The zero-order valence-corrected chi connectivity index (χ0v) is 13.7. The average molecular weight is 296 g/mol. The van der Waals surface area contributed by atoms with Crippen LogP contribution in [0.15, 0.2) is 24.3 Å². The molecule has 0 aliphatic carbocycles. The van der Waals surface area contributed by atoms with Gasteiger partial charge >= 0.3 is 0 Å².